The van der Waals surface area contributed by atoms with Gasteiger partial charge in [-0.2, -0.15) is 0 Å². The van der Waals surface area contributed by atoms with Crippen LogP contribution in [0.5, 0.6) is 0 Å². The van der Waals surface area contributed by atoms with Crippen molar-refractivity contribution in [3.05, 3.63) is 35.9 Å². The molecule has 1 rings (SSSR count). The maximum atomic E-state index is 6.46. The van der Waals surface area contributed by atoms with Gasteiger partial charge in [-0.15, -0.1) is 0 Å². The van der Waals surface area contributed by atoms with Gasteiger partial charge in [-0.3, -0.25) is 4.90 Å². The Morgan fingerprint density at radius 2 is 1.78 bits per heavy atom. The number of hydrogen-bond donors (Lipinski definition) is 1. The maximum Gasteiger partial charge on any atom is 0.0452 e. The van der Waals surface area contributed by atoms with E-state index in [4.69, 9.17) is 5.73 Å². The van der Waals surface area contributed by atoms with Crippen molar-refractivity contribution in [1.29, 1.82) is 0 Å². The molecule has 0 amide bonds. The van der Waals surface area contributed by atoms with Gasteiger partial charge in [-0.1, -0.05) is 57.5 Å². The third kappa shape index (κ3) is 4.11. The molecule has 2 unspecified atom stereocenters. The minimum absolute atomic E-state index is 0.119. The molecule has 0 heterocycles. The van der Waals surface area contributed by atoms with Gasteiger partial charge in [0, 0.05) is 12.1 Å². The van der Waals surface area contributed by atoms with Crippen molar-refractivity contribution in [2.75, 3.05) is 13.1 Å². The van der Waals surface area contributed by atoms with Crippen molar-refractivity contribution >= 4 is 0 Å². The molecule has 0 radical (unpaired) electrons. The van der Waals surface area contributed by atoms with Crippen LogP contribution in [0.2, 0.25) is 0 Å². The minimum atomic E-state index is 0.119. The molecule has 18 heavy (non-hydrogen) atoms. The van der Waals surface area contributed by atoms with Gasteiger partial charge in [-0.05, 0) is 31.5 Å². The number of nitrogens with zero attached hydrogens (tertiary/aromatic N) is 1. The van der Waals surface area contributed by atoms with E-state index in [-0.39, 0.29) is 6.04 Å². The van der Waals surface area contributed by atoms with E-state index in [0.717, 1.165) is 19.5 Å². The van der Waals surface area contributed by atoms with Crippen LogP contribution in [-0.4, -0.2) is 24.0 Å². The highest BCUT2D eigenvalue weighted by molar-refractivity contribution is 5.20. The average molecular weight is 248 g/mol. The Morgan fingerprint density at radius 3 is 2.28 bits per heavy atom. The van der Waals surface area contributed by atoms with Crippen molar-refractivity contribution in [1.82, 2.24) is 4.90 Å². The second-order valence-corrected chi connectivity index (χ2v) is 4.89. The summed E-state index contributed by atoms with van der Waals surface area (Å²) >= 11 is 0. The van der Waals surface area contributed by atoms with Gasteiger partial charge in [0.15, 0.2) is 0 Å². The second-order valence-electron chi connectivity index (χ2n) is 4.89. The van der Waals surface area contributed by atoms with Gasteiger partial charge >= 0.3 is 0 Å². The highest BCUT2D eigenvalue weighted by Crippen LogP contribution is 2.21. The van der Waals surface area contributed by atoms with E-state index in [9.17, 15) is 0 Å². The second kappa shape index (κ2) is 8.28. The van der Waals surface area contributed by atoms with Gasteiger partial charge in [0.2, 0.25) is 0 Å². The van der Waals surface area contributed by atoms with Crippen LogP contribution in [0.4, 0.5) is 0 Å². The molecule has 0 aromatic heterocycles. The summed E-state index contributed by atoms with van der Waals surface area (Å²) < 4.78 is 0. The summed E-state index contributed by atoms with van der Waals surface area (Å²) in [6.07, 6.45) is 3.60. The maximum absolute atomic E-state index is 6.46. The van der Waals surface area contributed by atoms with Gasteiger partial charge < -0.3 is 5.73 Å². The molecule has 2 N–H and O–H groups in total. The van der Waals surface area contributed by atoms with Crippen LogP contribution in [0, 0.1) is 0 Å². The Morgan fingerprint density at radius 1 is 1.11 bits per heavy atom. The van der Waals surface area contributed by atoms with E-state index in [2.05, 4.69) is 49.9 Å². The van der Waals surface area contributed by atoms with Crippen LogP contribution in [-0.2, 0) is 0 Å². The van der Waals surface area contributed by atoms with E-state index in [1.807, 2.05) is 6.07 Å². The Balaban J connectivity index is 2.74. The Bertz CT molecular complexity index is 310. The molecule has 0 saturated heterocycles. The fourth-order valence-electron chi connectivity index (χ4n) is 2.56. The first-order chi connectivity index (χ1) is 8.74. The summed E-state index contributed by atoms with van der Waals surface area (Å²) in [6, 6.07) is 11.0. The lowest BCUT2D eigenvalue weighted by atomic mass is 9.96. The predicted molar refractivity (Wildman–Crippen MR) is 79.6 cm³/mol. The zero-order chi connectivity index (χ0) is 13.4. The SMILES string of the molecule is CCCCN(CC)C(CC)C(N)c1ccccc1. The summed E-state index contributed by atoms with van der Waals surface area (Å²) in [7, 11) is 0. The van der Waals surface area contributed by atoms with E-state index >= 15 is 0 Å². The van der Waals surface area contributed by atoms with E-state index < -0.39 is 0 Å². The highest BCUT2D eigenvalue weighted by atomic mass is 15.2. The van der Waals surface area contributed by atoms with Crippen molar-refractivity contribution in [3.63, 3.8) is 0 Å². The summed E-state index contributed by atoms with van der Waals surface area (Å²) in [5, 5.41) is 0. The molecule has 0 aliphatic heterocycles. The van der Waals surface area contributed by atoms with E-state index in [0.29, 0.717) is 6.04 Å². The number of benzene rings is 1. The molecule has 0 spiro atoms. The monoisotopic (exact) mass is 248 g/mol. The summed E-state index contributed by atoms with van der Waals surface area (Å²) in [6.45, 7) is 8.95. The predicted octanol–water partition coefficient (Wildman–Crippen LogP) is 3.59. The standard InChI is InChI=1S/C16H28N2/c1-4-7-13-18(6-3)15(5-2)16(17)14-11-9-8-10-12-14/h8-12,15-16H,4-7,13,17H2,1-3H3. The number of rotatable bonds is 8. The number of unbranched alkanes of at least 4 members (excludes halogenated alkanes) is 1. The molecule has 0 fully saturated rings. The molecule has 1 aromatic rings. The quantitative estimate of drug-likeness (QED) is 0.762. The Kier molecular flexibility index (Phi) is 6.99. The lowest BCUT2D eigenvalue weighted by Gasteiger charge is -2.34. The van der Waals surface area contributed by atoms with Crippen LogP contribution in [0.15, 0.2) is 30.3 Å². The summed E-state index contributed by atoms with van der Waals surface area (Å²) in [5.74, 6) is 0. The minimum Gasteiger partial charge on any atom is -0.323 e. The summed E-state index contributed by atoms with van der Waals surface area (Å²) in [5.41, 5.74) is 7.71. The first kappa shape index (κ1) is 15.2. The van der Waals surface area contributed by atoms with Gasteiger partial charge in [0.25, 0.3) is 0 Å². The molecule has 2 nitrogen and oxygen atoms in total. The number of hydrogen-bond acceptors (Lipinski definition) is 2. The molecule has 1 aromatic carbocycles. The van der Waals surface area contributed by atoms with Crippen LogP contribution < -0.4 is 5.73 Å². The zero-order valence-corrected chi connectivity index (χ0v) is 12.1. The smallest absolute Gasteiger partial charge is 0.0452 e. The fourth-order valence-corrected chi connectivity index (χ4v) is 2.56. The van der Waals surface area contributed by atoms with Crippen LogP contribution in [0.3, 0.4) is 0 Å². The van der Waals surface area contributed by atoms with E-state index in [1.165, 1.54) is 18.4 Å². The molecule has 2 heteroatoms. The zero-order valence-electron chi connectivity index (χ0n) is 12.1. The van der Waals surface area contributed by atoms with Crippen LogP contribution in [0.1, 0.15) is 51.6 Å². The van der Waals surface area contributed by atoms with Crippen LogP contribution in [0.25, 0.3) is 0 Å². The van der Waals surface area contributed by atoms with Crippen LogP contribution >= 0.6 is 0 Å². The Labute approximate surface area is 112 Å². The first-order valence-corrected chi connectivity index (χ1v) is 7.29. The lowest BCUT2D eigenvalue weighted by Crippen LogP contribution is -2.42. The third-order valence-corrected chi connectivity index (χ3v) is 3.69. The molecule has 0 saturated carbocycles. The molecular weight excluding hydrogens is 220 g/mol. The largest absolute Gasteiger partial charge is 0.323 e. The molecule has 0 aliphatic rings. The average Bonchev–Trinajstić information content (AvgIpc) is 2.43. The molecule has 2 atom stereocenters. The molecule has 0 bridgehead atoms. The van der Waals surface area contributed by atoms with Crippen molar-refractivity contribution in [3.8, 4) is 0 Å². The fraction of sp³-hybridized carbons (Fsp3) is 0.625. The molecule has 0 aliphatic carbocycles. The van der Waals surface area contributed by atoms with Gasteiger partial charge in [0.1, 0.15) is 0 Å². The number of nitrogens with two attached hydrogens (primary N) is 1. The van der Waals surface area contributed by atoms with Gasteiger partial charge in [0.05, 0.1) is 0 Å². The van der Waals surface area contributed by atoms with Crippen molar-refractivity contribution in [2.45, 2.75) is 52.1 Å². The normalized spacial score (nSPS) is 14.7. The van der Waals surface area contributed by atoms with Crippen molar-refractivity contribution < 1.29 is 0 Å². The third-order valence-electron chi connectivity index (χ3n) is 3.69. The first-order valence-electron chi connectivity index (χ1n) is 7.29. The van der Waals surface area contributed by atoms with Gasteiger partial charge in [-0.25, -0.2) is 0 Å². The highest BCUT2D eigenvalue weighted by Gasteiger charge is 2.22. The lowest BCUT2D eigenvalue weighted by molar-refractivity contribution is 0.172. The Hall–Kier alpha value is -0.860. The van der Waals surface area contributed by atoms with Crippen molar-refractivity contribution in [2.24, 2.45) is 5.73 Å². The topological polar surface area (TPSA) is 29.3 Å². The number of likely N-dealkylation sites (N-methyl/N-ethyl adjacent to an activating group) is 1. The summed E-state index contributed by atoms with van der Waals surface area (Å²) in [4.78, 5) is 2.53. The van der Waals surface area contributed by atoms with E-state index in [1.54, 1.807) is 0 Å². The molecular formula is C16H28N2. The molecule has 102 valence electrons.